The summed E-state index contributed by atoms with van der Waals surface area (Å²) in [6, 6.07) is 0.191. The molecule has 0 unspecified atom stereocenters. The smallest absolute Gasteiger partial charge is 0.280 e. The molecule has 6 nitrogen and oxygen atoms in total. The molecule has 1 aromatic rings. The number of nitrogens with zero attached hydrogens (tertiary/aromatic N) is 3. The van der Waals surface area contributed by atoms with Crippen molar-refractivity contribution < 1.29 is 9.42 Å². The van der Waals surface area contributed by atoms with Gasteiger partial charge in [-0.3, -0.25) is 4.79 Å². The Hall–Kier alpha value is -1.59. The molecule has 0 spiro atoms. The van der Waals surface area contributed by atoms with Crippen LogP contribution in [0.25, 0.3) is 0 Å². The SMILES string of the molecule is CCC(CC)N(CC(C)C)C(=O)c1nonc1N. The van der Waals surface area contributed by atoms with Crippen LogP contribution < -0.4 is 5.73 Å². The highest BCUT2D eigenvalue weighted by molar-refractivity contribution is 5.96. The average Bonchev–Trinajstić information content (AvgIpc) is 2.74. The number of carbonyl (C=O) groups excluding carboxylic acids is 1. The van der Waals surface area contributed by atoms with E-state index in [0.29, 0.717) is 12.5 Å². The number of aromatic nitrogens is 2. The van der Waals surface area contributed by atoms with Crippen molar-refractivity contribution in [1.82, 2.24) is 15.2 Å². The van der Waals surface area contributed by atoms with Gasteiger partial charge in [0.15, 0.2) is 0 Å². The van der Waals surface area contributed by atoms with E-state index in [1.54, 1.807) is 0 Å². The second kappa shape index (κ2) is 6.37. The molecule has 0 aliphatic carbocycles. The van der Waals surface area contributed by atoms with Gasteiger partial charge < -0.3 is 10.6 Å². The molecular formula is C12H22N4O2. The highest BCUT2D eigenvalue weighted by Gasteiger charge is 2.27. The number of nitrogens with two attached hydrogens (primary N) is 1. The van der Waals surface area contributed by atoms with Crippen LogP contribution in [0.4, 0.5) is 5.82 Å². The molecule has 0 bridgehead atoms. The number of hydrogen-bond acceptors (Lipinski definition) is 5. The van der Waals surface area contributed by atoms with Crippen molar-refractivity contribution in [3.8, 4) is 0 Å². The fourth-order valence-electron chi connectivity index (χ4n) is 2.00. The van der Waals surface area contributed by atoms with Crippen LogP contribution in [-0.2, 0) is 0 Å². The standard InChI is InChI=1S/C12H22N4O2/c1-5-9(6-2)16(7-8(3)4)12(17)10-11(13)15-18-14-10/h8-9H,5-7H2,1-4H3,(H2,13,15). The van der Waals surface area contributed by atoms with Crippen molar-refractivity contribution in [1.29, 1.82) is 0 Å². The molecule has 0 aliphatic rings. The zero-order valence-corrected chi connectivity index (χ0v) is 11.5. The molecule has 1 amide bonds. The summed E-state index contributed by atoms with van der Waals surface area (Å²) in [5.74, 6) is 0.242. The molecule has 0 saturated heterocycles. The molecule has 18 heavy (non-hydrogen) atoms. The van der Waals surface area contributed by atoms with Gasteiger partial charge in [-0.15, -0.1) is 0 Å². The average molecular weight is 254 g/mol. The monoisotopic (exact) mass is 254 g/mol. The zero-order valence-electron chi connectivity index (χ0n) is 11.5. The molecule has 1 aromatic heterocycles. The number of amides is 1. The van der Waals surface area contributed by atoms with E-state index in [0.717, 1.165) is 12.8 Å². The highest BCUT2D eigenvalue weighted by atomic mass is 16.6. The summed E-state index contributed by atoms with van der Waals surface area (Å²) in [6.07, 6.45) is 1.81. The minimum absolute atomic E-state index is 0.0553. The first kappa shape index (κ1) is 14.5. The fourth-order valence-corrected chi connectivity index (χ4v) is 2.00. The quantitative estimate of drug-likeness (QED) is 0.838. The summed E-state index contributed by atoms with van der Waals surface area (Å²) in [5.41, 5.74) is 5.69. The van der Waals surface area contributed by atoms with Gasteiger partial charge in [0.1, 0.15) is 0 Å². The summed E-state index contributed by atoms with van der Waals surface area (Å²) in [4.78, 5) is 14.2. The summed E-state index contributed by atoms with van der Waals surface area (Å²) in [7, 11) is 0. The first-order valence-corrected chi connectivity index (χ1v) is 6.40. The van der Waals surface area contributed by atoms with Gasteiger partial charge in [0, 0.05) is 12.6 Å². The Labute approximate surface area is 107 Å². The maximum Gasteiger partial charge on any atom is 0.280 e. The molecule has 102 valence electrons. The van der Waals surface area contributed by atoms with Gasteiger partial charge >= 0.3 is 0 Å². The van der Waals surface area contributed by atoms with Crippen LogP contribution in [0.1, 0.15) is 51.0 Å². The molecule has 0 aliphatic heterocycles. The molecule has 1 heterocycles. The maximum atomic E-state index is 12.4. The Balaban J connectivity index is 2.95. The van der Waals surface area contributed by atoms with E-state index in [4.69, 9.17) is 5.73 Å². The van der Waals surface area contributed by atoms with Crippen molar-refractivity contribution in [3.63, 3.8) is 0 Å². The van der Waals surface area contributed by atoms with Gasteiger partial charge in [-0.1, -0.05) is 27.7 Å². The van der Waals surface area contributed by atoms with Crippen LogP contribution in [0.2, 0.25) is 0 Å². The van der Waals surface area contributed by atoms with Gasteiger partial charge in [0.2, 0.25) is 11.5 Å². The van der Waals surface area contributed by atoms with Crippen molar-refractivity contribution >= 4 is 11.7 Å². The first-order chi connectivity index (χ1) is 8.51. The number of carbonyl (C=O) groups is 1. The summed E-state index contributed by atoms with van der Waals surface area (Å²) in [6.45, 7) is 8.97. The maximum absolute atomic E-state index is 12.4. The van der Waals surface area contributed by atoms with E-state index in [1.165, 1.54) is 0 Å². The van der Waals surface area contributed by atoms with E-state index in [1.807, 2.05) is 4.90 Å². The van der Waals surface area contributed by atoms with Crippen LogP contribution in [0.15, 0.2) is 4.63 Å². The fraction of sp³-hybridized carbons (Fsp3) is 0.750. The lowest BCUT2D eigenvalue weighted by molar-refractivity contribution is 0.0630. The van der Waals surface area contributed by atoms with E-state index < -0.39 is 0 Å². The highest BCUT2D eigenvalue weighted by Crippen LogP contribution is 2.17. The third kappa shape index (κ3) is 3.21. The second-order valence-electron chi connectivity index (χ2n) is 4.82. The van der Waals surface area contributed by atoms with Gasteiger partial charge in [0.25, 0.3) is 5.91 Å². The Bertz CT molecular complexity index is 385. The van der Waals surface area contributed by atoms with Crippen molar-refractivity contribution in [2.45, 2.75) is 46.6 Å². The first-order valence-electron chi connectivity index (χ1n) is 6.40. The van der Waals surface area contributed by atoms with Gasteiger partial charge in [-0.2, -0.15) is 0 Å². The van der Waals surface area contributed by atoms with Gasteiger partial charge in [0.05, 0.1) is 0 Å². The Kier molecular flexibility index (Phi) is 5.12. The lowest BCUT2D eigenvalue weighted by atomic mass is 10.1. The Morgan fingerprint density at radius 1 is 1.33 bits per heavy atom. The van der Waals surface area contributed by atoms with Crippen molar-refractivity contribution in [2.24, 2.45) is 5.92 Å². The summed E-state index contributed by atoms with van der Waals surface area (Å²) < 4.78 is 4.50. The van der Waals surface area contributed by atoms with Crippen molar-refractivity contribution in [3.05, 3.63) is 5.69 Å². The number of nitrogen functional groups attached to an aromatic ring is 1. The minimum atomic E-state index is -0.198. The topological polar surface area (TPSA) is 85.2 Å². The minimum Gasteiger partial charge on any atom is -0.379 e. The molecular weight excluding hydrogens is 232 g/mol. The van der Waals surface area contributed by atoms with Crippen LogP contribution in [0, 0.1) is 5.92 Å². The third-order valence-corrected chi connectivity index (χ3v) is 2.92. The third-order valence-electron chi connectivity index (χ3n) is 2.92. The molecule has 2 N–H and O–H groups in total. The Morgan fingerprint density at radius 3 is 2.33 bits per heavy atom. The molecule has 0 atom stereocenters. The van der Waals surface area contributed by atoms with Crippen LogP contribution in [0.5, 0.6) is 0 Å². The molecule has 6 heteroatoms. The molecule has 0 radical (unpaired) electrons. The molecule has 0 aromatic carbocycles. The number of anilines is 1. The van der Waals surface area contributed by atoms with Crippen LogP contribution in [0.3, 0.4) is 0 Å². The van der Waals surface area contributed by atoms with E-state index in [2.05, 4.69) is 42.6 Å². The largest absolute Gasteiger partial charge is 0.379 e. The Morgan fingerprint density at radius 2 is 1.94 bits per heavy atom. The van der Waals surface area contributed by atoms with Gasteiger partial charge in [-0.25, -0.2) is 4.63 Å². The zero-order chi connectivity index (χ0) is 13.7. The second-order valence-corrected chi connectivity index (χ2v) is 4.82. The van der Waals surface area contributed by atoms with E-state index in [-0.39, 0.29) is 23.5 Å². The normalized spacial score (nSPS) is 11.2. The summed E-state index contributed by atoms with van der Waals surface area (Å²) in [5, 5.41) is 7.05. The van der Waals surface area contributed by atoms with Crippen LogP contribution >= 0.6 is 0 Å². The number of hydrogen-bond donors (Lipinski definition) is 1. The predicted molar refractivity (Wildman–Crippen MR) is 69.0 cm³/mol. The lowest BCUT2D eigenvalue weighted by Crippen LogP contribution is -2.42. The molecule has 1 rings (SSSR count). The van der Waals surface area contributed by atoms with E-state index in [9.17, 15) is 4.79 Å². The van der Waals surface area contributed by atoms with Crippen LogP contribution in [-0.4, -0.2) is 33.7 Å². The predicted octanol–water partition coefficient (Wildman–Crippen LogP) is 1.94. The molecule has 0 fully saturated rings. The lowest BCUT2D eigenvalue weighted by Gasteiger charge is -2.31. The molecule has 0 saturated carbocycles. The van der Waals surface area contributed by atoms with E-state index >= 15 is 0 Å². The van der Waals surface area contributed by atoms with Gasteiger partial charge in [-0.05, 0) is 29.1 Å². The number of rotatable bonds is 6. The van der Waals surface area contributed by atoms with Crippen molar-refractivity contribution in [2.75, 3.05) is 12.3 Å². The summed E-state index contributed by atoms with van der Waals surface area (Å²) >= 11 is 0.